The van der Waals surface area contributed by atoms with Gasteiger partial charge in [-0.3, -0.25) is 23.7 Å². The minimum Gasteiger partial charge on any atom is -0.477 e. The Morgan fingerprint density at radius 2 is 1.75 bits per heavy atom. The highest BCUT2D eigenvalue weighted by Gasteiger charge is 2.38. The molecular weight excluding hydrogens is 717 g/mol. The number of fused-ring (bicyclic) bond motifs is 1. The van der Waals surface area contributed by atoms with Gasteiger partial charge in [-0.15, -0.1) is 11.3 Å². The van der Waals surface area contributed by atoms with Crippen molar-refractivity contribution in [2.75, 3.05) is 18.5 Å². The number of nitrogens with one attached hydrogen (secondary N) is 2. The molecule has 3 heterocycles. The number of phosphoric ester groups is 1. The lowest BCUT2D eigenvalue weighted by Gasteiger charge is -2.32. The summed E-state index contributed by atoms with van der Waals surface area (Å²) in [6.45, 7) is 16.6. The topological polar surface area (TPSA) is 171 Å². The summed E-state index contributed by atoms with van der Waals surface area (Å²) >= 11 is 1.49. The molecule has 0 aliphatic heterocycles. The number of carbonyl (C=O) groups excluding carboxylic acids is 1. The fourth-order valence-corrected chi connectivity index (χ4v) is 8.70. The van der Waals surface area contributed by atoms with Crippen molar-refractivity contribution in [3.8, 4) is 21.7 Å². The van der Waals surface area contributed by atoms with E-state index < -0.39 is 48.1 Å². The molecule has 15 heteroatoms. The maximum absolute atomic E-state index is 14.0. The molecule has 1 atom stereocenters. The second-order valence-electron chi connectivity index (χ2n) is 15.7. The van der Waals surface area contributed by atoms with E-state index in [1.165, 1.54) is 17.5 Å². The Kier molecular flexibility index (Phi) is 12.0. The number of amides is 2. The molecule has 1 aromatic carbocycles. The number of thiazole rings is 1. The number of carbonyl (C=O) groups is 2. The molecular formula is C38H50N5O8PS. The molecule has 5 rings (SSSR count). The molecule has 0 unspecified atom stereocenters. The molecule has 2 amide bonds. The number of hydrogen-bond acceptors (Lipinski definition) is 10. The first kappa shape index (κ1) is 40.2. The van der Waals surface area contributed by atoms with Gasteiger partial charge in [0.1, 0.15) is 16.4 Å². The monoisotopic (exact) mass is 767 g/mol. The first-order chi connectivity index (χ1) is 24.8. The summed E-state index contributed by atoms with van der Waals surface area (Å²) in [6, 6.07) is 6.07. The molecule has 0 spiro atoms. The Hall–Kier alpha value is -3.94. The summed E-state index contributed by atoms with van der Waals surface area (Å²) in [7, 11) is -4.12. The summed E-state index contributed by atoms with van der Waals surface area (Å²) in [5.41, 5.74) is 0.672. The van der Waals surface area contributed by atoms with E-state index >= 15 is 0 Å². The number of hydrogen-bond donors (Lipinski definition) is 3. The molecule has 1 fully saturated rings. The van der Waals surface area contributed by atoms with Gasteiger partial charge in [0, 0.05) is 46.7 Å². The van der Waals surface area contributed by atoms with Crippen LogP contribution in [0.25, 0.3) is 32.6 Å². The molecule has 1 aliphatic rings. The minimum atomic E-state index is -4.12. The third kappa shape index (κ3) is 10.4. The lowest BCUT2D eigenvalue weighted by atomic mass is 9.98. The van der Waals surface area contributed by atoms with Crippen LogP contribution in [-0.2, 0) is 18.1 Å². The predicted molar refractivity (Wildman–Crippen MR) is 208 cm³/mol. The highest BCUT2D eigenvalue weighted by molar-refractivity contribution is 7.48. The number of rotatable bonds is 14. The van der Waals surface area contributed by atoms with Gasteiger partial charge >= 0.3 is 19.8 Å². The van der Waals surface area contributed by atoms with Crippen LogP contribution in [-0.4, -0.2) is 56.0 Å². The van der Waals surface area contributed by atoms with Crippen LogP contribution in [0.4, 0.5) is 10.6 Å². The quantitative estimate of drug-likeness (QED) is 0.105. The Balaban J connectivity index is 1.63. The van der Waals surface area contributed by atoms with Crippen LogP contribution < -0.4 is 16.1 Å². The van der Waals surface area contributed by atoms with Crippen molar-refractivity contribution in [2.45, 2.75) is 105 Å². The number of benzene rings is 1. The van der Waals surface area contributed by atoms with Gasteiger partial charge in [0.05, 0.1) is 35.1 Å². The van der Waals surface area contributed by atoms with Crippen LogP contribution in [0.15, 0.2) is 46.8 Å². The fraction of sp³-hybridized carbons (Fsp3) is 0.500. The van der Waals surface area contributed by atoms with Gasteiger partial charge < -0.3 is 15.0 Å². The third-order valence-electron chi connectivity index (χ3n) is 8.14. The van der Waals surface area contributed by atoms with Gasteiger partial charge in [-0.1, -0.05) is 19.9 Å². The maximum Gasteiger partial charge on any atom is 0.475 e. The number of pyridine rings is 2. The highest BCUT2D eigenvalue weighted by atomic mass is 32.1. The Bertz CT molecular complexity index is 2070. The van der Waals surface area contributed by atoms with Gasteiger partial charge in [-0.05, 0) is 97.4 Å². The van der Waals surface area contributed by atoms with E-state index in [4.69, 9.17) is 18.6 Å². The Morgan fingerprint density at radius 1 is 1.08 bits per heavy atom. The number of aromatic nitrogens is 3. The molecule has 53 heavy (non-hydrogen) atoms. The predicted octanol–water partition coefficient (Wildman–Crippen LogP) is 9.25. The summed E-state index contributed by atoms with van der Waals surface area (Å²) in [6.07, 6.45) is 5.62. The molecule has 286 valence electrons. The zero-order valence-electron chi connectivity index (χ0n) is 31.8. The first-order valence-corrected chi connectivity index (χ1v) is 20.2. The average Bonchev–Trinajstić information content (AvgIpc) is 3.77. The van der Waals surface area contributed by atoms with Crippen LogP contribution in [0.1, 0.15) is 110 Å². The number of urea groups is 1. The largest absolute Gasteiger partial charge is 0.477 e. The third-order valence-corrected chi connectivity index (χ3v) is 11.0. The van der Waals surface area contributed by atoms with E-state index in [1.54, 1.807) is 70.5 Å². The van der Waals surface area contributed by atoms with E-state index in [9.17, 15) is 24.1 Å². The van der Waals surface area contributed by atoms with Crippen molar-refractivity contribution in [1.29, 1.82) is 0 Å². The highest BCUT2D eigenvalue weighted by Crippen LogP contribution is 2.56. The van der Waals surface area contributed by atoms with Crippen molar-refractivity contribution < 1.29 is 32.8 Å². The maximum atomic E-state index is 14.0. The molecule has 3 N–H and O–H groups in total. The zero-order chi connectivity index (χ0) is 38.9. The number of aromatic carboxylic acids is 1. The van der Waals surface area contributed by atoms with Crippen LogP contribution in [0, 0.1) is 5.92 Å². The molecule has 0 saturated heterocycles. The van der Waals surface area contributed by atoms with Crippen LogP contribution >= 0.6 is 19.2 Å². The SMILES string of the molecule is CCNC(=O)Nc1cc(-c2nc(C3CC3)cs2)c(-c2ccc3c(c2)c(=O)c(C(=O)O)cn3[C@H](COP(=O)(OC(C)(C)C)OC(C)(C)C)CC(C)C)cn1. The molecule has 13 nitrogen and oxygen atoms in total. The second kappa shape index (κ2) is 15.8. The first-order valence-electron chi connectivity index (χ1n) is 17.8. The van der Waals surface area contributed by atoms with E-state index in [0.717, 1.165) is 23.5 Å². The summed E-state index contributed by atoms with van der Waals surface area (Å²) in [5.74, 6) is -0.509. The molecule has 1 saturated carbocycles. The number of anilines is 1. The minimum absolute atomic E-state index is 0.107. The number of carboxylic acid groups (broad SMARTS) is 1. The Morgan fingerprint density at radius 3 is 2.34 bits per heavy atom. The molecule has 0 radical (unpaired) electrons. The number of phosphoric acid groups is 1. The molecule has 1 aliphatic carbocycles. The molecule has 0 bridgehead atoms. The Labute approximate surface area is 314 Å². The second-order valence-corrected chi connectivity index (χ2v) is 18.1. The van der Waals surface area contributed by atoms with Gasteiger partial charge in [0.25, 0.3) is 0 Å². The van der Waals surface area contributed by atoms with Crippen molar-refractivity contribution in [1.82, 2.24) is 19.9 Å². The van der Waals surface area contributed by atoms with Gasteiger partial charge in [0.15, 0.2) is 0 Å². The summed E-state index contributed by atoms with van der Waals surface area (Å²) in [5, 5.41) is 18.6. The normalized spacial score (nSPS) is 14.5. The van der Waals surface area contributed by atoms with Crippen molar-refractivity contribution in [3.63, 3.8) is 0 Å². The molecule has 3 aromatic heterocycles. The molecule has 4 aromatic rings. The lowest BCUT2D eigenvalue weighted by Crippen LogP contribution is -2.28. The van der Waals surface area contributed by atoms with Gasteiger partial charge in [-0.25, -0.2) is 24.1 Å². The van der Waals surface area contributed by atoms with Crippen molar-refractivity contribution in [3.05, 3.63) is 63.5 Å². The van der Waals surface area contributed by atoms with E-state index in [-0.39, 0.29) is 17.9 Å². The van der Waals surface area contributed by atoms with E-state index in [2.05, 4.69) is 15.6 Å². The standard InChI is InChI=1S/C38H50N5O8PS/c1-10-39-36(47)42-32-17-26(34-41-30(21-53-34)23-11-12-23)28(18-40-32)24-13-14-31-27(16-24)33(44)29(35(45)46)19-43(31)25(15-22(2)3)20-49-52(48,50-37(4,5)6)51-38(7,8)9/h13-14,16-19,21-23,25H,10-12,15,20H2,1-9H3,(H,45,46)(H2,39,40,42,47)/t25-/m0/s1. The lowest BCUT2D eigenvalue weighted by molar-refractivity contribution is -0.00118. The average molecular weight is 768 g/mol. The van der Waals surface area contributed by atoms with Crippen molar-refractivity contribution >= 4 is 47.9 Å². The van der Waals surface area contributed by atoms with E-state index in [0.29, 0.717) is 46.9 Å². The summed E-state index contributed by atoms with van der Waals surface area (Å²) in [4.78, 5) is 48.2. The summed E-state index contributed by atoms with van der Waals surface area (Å²) < 4.78 is 33.5. The number of carboxylic acids is 1. The smallest absolute Gasteiger partial charge is 0.475 e. The van der Waals surface area contributed by atoms with Crippen LogP contribution in [0.2, 0.25) is 0 Å². The van der Waals surface area contributed by atoms with Gasteiger partial charge in [0.2, 0.25) is 5.43 Å². The van der Waals surface area contributed by atoms with E-state index in [1.807, 2.05) is 32.2 Å². The van der Waals surface area contributed by atoms with Crippen molar-refractivity contribution in [2.24, 2.45) is 5.92 Å². The van der Waals surface area contributed by atoms with Crippen LogP contribution in [0.5, 0.6) is 0 Å². The number of nitrogens with zero attached hydrogens (tertiary/aromatic N) is 3. The zero-order valence-corrected chi connectivity index (χ0v) is 33.5. The van der Waals surface area contributed by atoms with Crippen LogP contribution in [0.3, 0.4) is 0 Å². The fourth-order valence-electron chi connectivity index (χ4n) is 5.93. The van der Waals surface area contributed by atoms with Gasteiger partial charge in [-0.2, -0.15) is 0 Å².